The summed E-state index contributed by atoms with van der Waals surface area (Å²) in [4.78, 5) is 12.4. The Hall–Kier alpha value is -1.58. The van der Waals surface area contributed by atoms with Crippen LogP contribution in [0.2, 0.25) is 0 Å². The summed E-state index contributed by atoms with van der Waals surface area (Å²) in [5, 5.41) is 6.06. The van der Waals surface area contributed by atoms with Crippen LogP contribution in [0.15, 0.2) is 18.2 Å². The second-order valence-corrected chi connectivity index (χ2v) is 5.90. The Morgan fingerprint density at radius 2 is 2.10 bits per heavy atom. The van der Waals surface area contributed by atoms with Crippen molar-refractivity contribution in [3.8, 4) is 0 Å². The monoisotopic (exact) mass is 292 g/mol. The van der Waals surface area contributed by atoms with Crippen LogP contribution in [0.25, 0.3) is 0 Å². The first-order valence-corrected chi connectivity index (χ1v) is 7.96. The molecule has 0 heterocycles. The lowest BCUT2D eigenvalue weighted by Gasteiger charge is -2.21. The zero-order chi connectivity index (χ0) is 15.2. The number of hydrogen-bond donors (Lipinski definition) is 2. The normalized spacial score (nSPS) is 16.7. The van der Waals surface area contributed by atoms with Crippen molar-refractivity contribution in [1.82, 2.24) is 5.32 Å². The molecule has 1 fully saturated rings. The Balaban J connectivity index is 2.08. The second-order valence-electron chi connectivity index (χ2n) is 5.90. The Bertz CT molecular complexity index is 484. The largest absolute Gasteiger partial charge is 0.382 e. The molecule has 1 aliphatic carbocycles. The van der Waals surface area contributed by atoms with Crippen LogP contribution >= 0.6 is 0 Å². The van der Waals surface area contributed by atoms with E-state index in [1.54, 1.807) is 12.1 Å². The number of para-hydroxylation sites is 1. The van der Waals surface area contributed by atoms with E-state index in [4.69, 9.17) is 0 Å². The summed E-state index contributed by atoms with van der Waals surface area (Å²) in [6.45, 7) is 4.71. The third-order valence-corrected chi connectivity index (χ3v) is 4.28. The summed E-state index contributed by atoms with van der Waals surface area (Å²) >= 11 is 0. The molecule has 0 spiro atoms. The van der Waals surface area contributed by atoms with Gasteiger partial charge in [-0.05, 0) is 44.2 Å². The molecular weight excluding hydrogens is 267 g/mol. The van der Waals surface area contributed by atoms with E-state index < -0.39 is 0 Å². The maximum absolute atomic E-state index is 13.9. The van der Waals surface area contributed by atoms with Crippen molar-refractivity contribution in [3.63, 3.8) is 0 Å². The lowest BCUT2D eigenvalue weighted by molar-refractivity contribution is 0.0927. The average molecular weight is 292 g/mol. The highest BCUT2D eigenvalue weighted by atomic mass is 19.1. The Labute approximate surface area is 126 Å². The van der Waals surface area contributed by atoms with E-state index in [-0.39, 0.29) is 17.8 Å². The summed E-state index contributed by atoms with van der Waals surface area (Å²) in [6, 6.07) is 4.79. The summed E-state index contributed by atoms with van der Waals surface area (Å²) in [5.41, 5.74) is 0.712. The van der Waals surface area contributed by atoms with Gasteiger partial charge < -0.3 is 10.6 Å². The van der Waals surface area contributed by atoms with E-state index >= 15 is 0 Å². The molecule has 1 aromatic carbocycles. The minimum absolute atomic E-state index is 0.141. The molecule has 2 N–H and O–H groups in total. The van der Waals surface area contributed by atoms with E-state index in [1.165, 1.54) is 31.7 Å². The van der Waals surface area contributed by atoms with Crippen molar-refractivity contribution in [2.75, 3.05) is 11.9 Å². The van der Waals surface area contributed by atoms with Crippen molar-refractivity contribution in [1.29, 1.82) is 0 Å². The molecular formula is C17H25FN2O. The number of anilines is 1. The molecule has 4 heteroatoms. The molecule has 3 nitrogen and oxygen atoms in total. The molecule has 1 atom stereocenters. The van der Waals surface area contributed by atoms with Gasteiger partial charge in [-0.2, -0.15) is 0 Å². The van der Waals surface area contributed by atoms with Crippen LogP contribution in [0.4, 0.5) is 10.1 Å². The van der Waals surface area contributed by atoms with Gasteiger partial charge in [0.25, 0.3) is 5.91 Å². The van der Waals surface area contributed by atoms with Crippen LogP contribution in [-0.4, -0.2) is 18.5 Å². The molecule has 0 radical (unpaired) electrons. The molecule has 116 valence electrons. The van der Waals surface area contributed by atoms with Crippen molar-refractivity contribution in [2.24, 2.45) is 5.92 Å². The Morgan fingerprint density at radius 3 is 2.76 bits per heavy atom. The van der Waals surface area contributed by atoms with E-state index in [1.807, 2.05) is 13.8 Å². The van der Waals surface area contributed by atoms with E-state index in [2.05, 4.69) is 10.6 Å². The molecule has 0 saturated heterocycles. The van der Waals surface area contributed by atoms with Crippen LogP contribution in [0, 0.1) is 11.7 Å². The zero-order valence-electron chi connectivity index (χ0n) is 12.9. The lowest BCUT2D eigenvalue weighted by atomic mass is 9.99. The first-order valence-electron chi connectivity index (χ1n) is 7.96. The number of carbonyl (C=O) groups excluding carboxylic acids is 1. The summed E-state index contributed by atoms with van der Waals surface area (Å²) in [5.74, 6) is -0.00770. The highest BCUT2D eigenvalue weighted by molar-refractivity contribution is 5.99. The number of benzene rings is 1. The Kier molecular flexibility index (Phi) is 5.59. The van der Waals surface area contributed by atoms with Gasteiger partial charge in [-0.1, -0.05) is 25.8 Å². The molecule has 21 heavy (non-hydrogen) atoms. The molecule has 0 aliphatic heterocycles. The van der Waals surface area contributed by atoms with Crippen molar-refractivity contribution >= 4 is 11.6 Å². The predicted octanol–water partition coefficient (Wildman–Crippen LogP) is 3.96. The molecule has 0 bridgehead atoms. The first kappa shape index (κ1) is 15.8. The molecule has 0 aromatic heterocycles. The molecule has 1 aromatic rings. The standard InChI is InChI=1S/C17H25FN2O/c1-3-11-19-16-14(9-6-10-15(16)18)17(21)20-12(2)13-7-4-5-8-13/h6,9-10,12-13,19H,3-5,7-8,11H2,1-2H3,(H,20,21). The van der Waals surface area contributed by atoms with Gasteiger partial charge in [0.05, 0.1) is 11.3 Å². The van der Waals surface area contributed by atoms with Gasteiger partial charge in [0, 0.05) is 12.6 Å². The van der Waals surface area contributed by atoms with Gasteiger partial charge in [-0.15, -0.1) is 0 Å². The van der Waals surface area contributed by atoms with Gasteiger partial charge >= 0.3 is 0 Å². The third kappa shape index (κ3) is 3.96. The zero-order valence-corrected chi connectivity index (χ0v) is 12.9. The van der Waals surface area contributed by atoms with E-state index in [0.29, 0.717) is 23.7 Å². The smallest absolute Gasteiger partial charge is 0.253 e. The fourth-order valence-electron chi connectivity index (χ4n) is 3.00. The molecule has 1 amide bonds. The van der Waals surface area contributed by atoms with Crippen LogP contribution < -0.4 is 10.6 Å². The average Bonchev–Trinajstić information content (AvgIpc) is 3.00. The van der Waals surface area contributed by atoms with Crippen molar-refractivity contribution < 1.29 is 9.18 Å². The SMILES string of the molecule is CCCNc1c(F)cccc1C(=O)NC(C)C1CCCC1. The highest BCUT2D eigenvalue weighted by Crippen LogP contribution is 2.28. The van der Waals surface area contributed by atoms with Crippen LogP contribution in [-0.2, 0) is 0 Å². The van der Waals surface area contributed by atoms with E-state index in [9.17, 15) is 9.18 Å². The fraction of sp³-hybridized carbons (Fsp3) is 0.588. The van der Waals surface area contributed by atoms with Gasteiger partial charge in [-0.3, -0.25) is 4.79 Å². The summed E-state index contributed by atoms with van der Waals surface area (Å²) < 4.78 is 13.9. The number of rotatable bonds is 6. The van der Waals surface area contributed by atoms with Gasteiger partial charge in [0.1, 0.15) is 5.82 Å². The Morgan fingerprint density at radius 1 is 1.38 bits per heavy atom. The number of hydrogen-bond acceptors (Lipinski definition) is 2. The second kappa shape index (κ2) is 7.43. The minimum atomic E-state index is -0.371. The van der Waals surface area contributed by atoms with Crippen LogP contribution in [0.3, 0.4) is 0 Å². The molecule has 1 unspecified atom stereocenters. The van der Waals surface area contributed by atoms with Gasteiger partial charge in [0.2, 0.25) is 0 Å². The summed E-state index contributed by atoms with van der Waals surface area (Å²) in [7, 11) is 0. The van der Waals surface area contributed by atoms with E-state index in [0.717, 1.165) is 6.42 Å². The van der Waals surface area contributed by atoms with Gasteiger partial charge in [0.15, 0.2) is 0 Å². The minimum Gasteiger partial charge on any atom is -0.382 e. The highest BCUT2D eigenvalue weighted by Gasteiger charge is 2.24. The molecule has 1 saturated carbocycles. The van der Waals surface area contributed by atoms with Crippen molar-refractivity contribution in [3.05, 3.63) is 29.6 Å². The van der Waals surface area contributed by atoms with Gasteiger partial charge in [-0.25, -0.2) is 4.39 Å². The third-order valence-electron chi connectivity index (χ3n) is 4.28. The fourth-order valence-corrected chi connectivity index (χ4v) is 3.00. The maximum Gasteiger partial charge on any atom is 0.253 e. The topological polar surface area (TPSA) is 41.1 Å². The van der Waals surface area contributed by atoms with Crippen LogP contribution in [0.5, 0.6) is 0 Å². The number of halogens is 1. The first-order chi connectivity index (χ1) is 10.1. The number of nitrogens with one attached hydrogen (secondary N) is 2. The van der Waals surface area contributed by atoms with Crippen LogP contribution in [0.1, 0.15) is 56.3 Å². The lowest BCUT2D eigenvalue weighted by Crippen LogP contribution is -2.37. The maximum atomic E-state index is 13.9. The molecule has 2 rings (SSSR count). The summed E-state index contributed by atoms with van der Waals surface area (Å²) in [6.07, 6.45) is 5.72. The quantitative estimate of drug-likeness (QED) is 0.833. The predicted molar refractivity (Wildman–Crippen MR) is 84.1 cm³/mol. The number of amides is 1. The number of carbonyl (C=O) groups is 1. The molecule has 1 aliphatic rings. The van der Waals surface area contributed by atoms with Crippen molar-refractivity contribution in [2.45, 2.75) is 52.0 Å².